The number of ether oxygens (including phenoxy) is 4. The van der Waals surface area contributed by atoms with Crippen molar-refractivity contribution in [2.45, 2.75) is 91.5 Å². The highest BCUT2D eigenvalue weighted by molar-refractivity contribution is 5.91. The maximum atomic E-state index is 14.5. The average Bonchev–Trinajstić information content (AvgIpc) is 3.48. The zero-order chi connectivity index (χ0) is 35.0. The van der Waals surface area contributed by atoms with Crippen LogP contribution in [0.15, 0.2) is 24.3 Å². The summed E-state index contributed by atoms with van der Waals surface area (Å²) >= 11 is 0. The van der Waals surface area contributed by atoms with Crippen LogP contribution in [0.1, 0.15) is 72.9 Å². The Labute approximate surface area is 288 Å². The maximum absolute atomic E-state index is 14.5. The normalized spacial score (nSPS) is 30.6. The molecule has 4 aliphatic rings. The van der Waals surface area contributed by atoms with Gasteiger partial charge in [0.15, 0.2) is 0 Å². The molecule has 0 spiro atoms. The monoisotopic (exact) mass is 672 g/mol. The summed E-state index contributed by atoms with van der Waals surface area (Å²) < 4.78 is 23.8. The minimum Gasteiger partial charge on any atom is -0.497 e. The molecule has 0 unspecified atom stereocenters. The van der Waals surface area contributed by atoms with E-state index in [1.165, 1.54) is 4.90 Å². The number of benzene rings is 1. The van der Waals surface area contributed by atoms with Crippen LogP contribution >= 0.6 is 0 Å². The SMILES string of the molecule is COc1ccc2nc3c(nc2c1)O[C@H]1CN(C(=O)[C@H](C(C)(C)C)NC(=O)O[C@@H]2C[C@@H]4C#C[C@@H]4[C@H]2CCC/C=C/3)[C@H](C(=O)OCC(C)C)[C@@H]1C. The molecule has 49 heavy (non-hydrogen) atoms. The van der Waals surface area contributed by atoms with Gasteiger partial charge in [-0.15, -0.1) is 0 Å². The molecule has 11 nitrogen and oxygen atoms in total. The molecule has 2 fully saturated rings. The fourth-order valence-electron chi connectivity index (χ4n) is 7.34. The molecule has 262 valence electrons. The molecule has 1 aromatic heterocycles. The van der Waals surface area contributed by atoms with Crippen LogP contribution in [0.2, 0.25) is 0 Å². The number of hydrogen-bond donors (Lipinski definition) is 1. The Morgan fingerprint density at radius 3 is 2.61 bits per heavy atom. The Morgan fingerprint density at radius 1 is 1.12 bits per heavy atom. The first-order chi connectivity index (χ1) is 23.3. The van der Waals surface area contributed by atoms with Gasteiger partial charge in [0.1, 0.15) is 35.7 Å². The van der Waals surface area contributed by atoms with E-state index in [0.29, 0.717) is 34.8 Å². The number of alkyl carbamates (subject to hydrolysis) is 1. The van der Waals surface area contributed by atoms with Crippen molar-refractivity contribution < 1.29 is 33.3 Å². The molecule has 1 saturated carbocycles. The fourth-order valence-corrected chi connectivity index (χ4v) is 7.34. The molecule has 6 rings (SSSR count). The smallest absolute Gasteiger partial charge is 0.408 e. The first-order valence-electron chi connectivity index (χ1n) is 17.5. The van der Waals surface area contributed by atoms with Crippen LogP contribution in [-0.4, -0.2) is 77.4 Å². The lowest BCUT2D eigenvalue weighted by molar-refractivity contribution is -0.156. The number of amides is 2. The number of hydrogen-bond acceptors (Lipinski definition) is 9. The molecule has 2 aromatic rings. The van der Waals surface area contributed by atoms with E-state index in [-0.39, 0.29) is 42.9 Å². The van der Waals surface area contributed by atoms with E-state index in [1.807, 2.05) is 59.8 Å². The summed E-state index contributed by atoms with van der Waals surface area (Å²) in [7, 11) is 1.59. The highest BCUT2D eigenvalue weighted by Crippen LogP contribution is 2.45. The number of nitrogens with one attached hydrogen (secondary N) is 1. The van der Waals surface area contributed by atoms with E-state index in [0.717, 1.165) is 19.3 Å². The van der Waals surface area contributed by atoms with Crippen LogP contribution in [0, 0.1) is 46.8 Å². The lowest BCUT2D eigenvalue weighted by atomic mass is 9.81. The summed E-state index contributed by atoms with van der Waals surface area (Å²) in [6.07, 6.45) is 5.60. The van der Waals surface area contributed by atoms with Crippen molar-refractivity contribution >= 4 is 35.1 Å². The molecule has 0 radical (unpaired) electrons. The molecule has 2 amide bonds. The Morgan fingerprint density at radius 2 is 1.92 bits per heavy atom. The zero-order valence-corrected chi connectivity index (χ0v) is 29.5. The number of rotatable bonds is 4. The maximum Gasteiger partial charge on any atom is 0.408 e. The van der Waals surface area contributed by atoms with E-state index in [2.05, 4.69) is 23.2 Å². The molecule has 1 aromatic carbocycles. The molecule has 1 N–H and O–H groups in total. The largest absolute Gasteiger partial charge is 0.497 e. The second kappa shape index (κ2) is 13.9. The minimum atomic E-state index is -0.982. The summed E-state index contributed by atoms with van der Waals surface area (Å²) in [6.45, 7) is 11.7. The van der Waals surface area contributed by atoms with E-state index >= 15 is 0 Å². The van der Waals surface area contributed by atoms with Crippen LogP contribution in [0.25, 0.3) is 17.1 Å². The van der Waals surface area contributed by atoms with Gasteiger partial charge in [-0.2, -0.15) is 0 Å². The van der Waals surface area contributed by atoms with Crippen LogP contribution < -0.4 is 14.8 Å². The second-order valence-electron chi connectivity index (χ2n) is 15.3. The molecule has 3 heterocycles. The second-order valence-corrected chi connectivity index (χ2v) is 15.3. The van der Waals surface area contributed by atoms with Gasteiger partial charge in [-0.3, -0.25) is 4.79 Å². The molecular formula is C38H48N4O7. The van der Waals surface area contributed by atoms with Crippen molar-refractivity contribution in [2.75, 3.05) is 20.3 Å². The minimum absolute atomic E-state index is 0.0805. The highest BCUT2D eigenvalue weighted by Gasteiger charge is 2.52. The van der Waals surface area contributed by atoms with Gasteiger partial charge in [0.25, 0.3) is 0 Å². The summed E-state index contributed by atoms with van der Waals surface area (Å²) in [6, 6.07) is 3.57. The third-order valence-corrected chi connectivity index (χ3v) is 10.1. The van der Waals surface area contributed by atoms with Crippen LogP contribution in [-0.2, 0) is 19.1 Å². The van der Waals surface area contributed by atoms with Crippen molar-refractivity contribution in [3.05, 3.63) is 30.0 Å². The number of fused-ring (bicyclic) bond motifs is 7. The van der Waals surface area contributed by atoms with Gasteiger partial charge < -0.3 is 29.2 Å². The van der Waals surface area contributed by atoms with Crippen LogP contribution in [0.4, 0.5) is 4.79 Å². The van der Waals surface area contributed by atoms with E-state index < -0.39 is 47.5 Å². The molecule has 11 heteroatoms. The molecule has 2 bridgehead atoms. The Hall–Kier alpha value is -4.33. The topological polar surface area (TPSA) is 129 Å². The molecule has 2 aliphatic heterocycles. The van der Waals surface area contributed by atoms with Crippen molar-refractivity contribution in [2.24, 2.45) is 35.0 Å². The van der Waals surface area contributed by atoms with Crippen LogP contribution in [0.5, 0.6) is 11.6 Å². The number of esters is 1. The molecular weight excluding hydrogens is 624 g/mol. The number of carbonyl (C=O) groups excluding carboxylic acids is 3. The van der Waals surface area contributed by atoms with Gasteiger partial charge in [0.2, 0.25) is 11.8 Å². The van der Waals surface area contributed by atoms with Gasteiger partial charge >= 0.3 is 12.1 Å². The standard InChI is InChI=1S/C38H48N4O7/c1-21(2)20-47-36(44)32-22(3)31-19-42(32)35(43)33(38(4,5)6)41-37(45)49-30-17-23-13-15-25(23)26(30)11-9-8-10-12-28-34(48-31)40-29-18-24(46-7)14-16-27(29)39-28/h10,12,14,16,18,21-23,25-26,30-33H,8-9,11,17,19-20H2,1-7H3,(H,41,45)/b12-10+/t22-,23+,25+,26-,30-,31+,32+,33-/m1/s1. The van der Waals surface area contributed by atoms with Gasteiger partial charge in [0.05, 0.1) is 31.3 Å². The molecule has 2 aliphatic carbocycles. The number of aromatic nitrogens is 2. The fraction of sp³-hybridized carbons (Fsp3) is 0.605. The van der Waals surface area contributed by atoms with Crippen molar-refractivity contribution in [3.63, 3.8) is 0 Å². The quantitative estimate of drug-likeness (QED) is 0.335. The van der Waals surface area contributed by atoms with E-state index in [9.17, 15) is 14.4 Å². The van der Waals surface area contributed by atoms with Crippen molar-refractivity contribution in [1.82, 2.24) is 20.2 Å². The average molecular weight is 673 g/mol. The third kappa shape index (κ3) is 7.19. The lowest BCUT2D eigenvalue weighted by Crippen LogP contribution is -2.57. The Bertz CT molecular complexity index is 1690. The van der Waals surface area contributed by atoms with Gasteiger partial charge in [-0.1, -0.05) is 59.5 Å². The predicted molar refractivity (Wildman–Crippen MR) is 183 cm³/mol. The van der Waals surface area contributed by atoms with Gasteiger partial charge in [-0.05, 0) is 55.2 Å². The van der Waals surface area contributed by atoms with E-state index in [4.69, 9.17) is 28.9 Å². The number of nitrogens with zero attached hydrogens (tertiary/aromatic N) is 3. The molecule has 1 saturated heterocycles. The highest BCUT2D eigenvalue weighted by atomic mass is 16.6. The summed E-state index contributed by atoms with van der Waals surface area (Å²) in [5.41, 5.74) is 1.13. The lowest BCUT2D eigenvalue weighted by Gasteiger charge is -2.35. The summed E-state index contributed by atoms with van der Waals surface area (Å²) in [5, 5.41) is 2.90. The number of carbonyl (C=O) groups is 3. The van der Waals surface area contributed by atoms with Crippen LogP contribution in [0.3, 0.4) is 0 Å². The number of methoxy groups -OCH3 is 1. The summed E-state index contributed by atoms with van der Waals surface area (Å²) in [5.74, 6) is 6.73. The Balaban J connectivity index is 1.40. The number of allylic oxidation sites excluding steroid dienone is 1. The molecule has 8 atom stereocenters. The first-order valence-corrected chi connectivity index (χ1v) is 17.5. The van der Waals surface area contributed by atoms with Gasteiger partial charge in [-0.25, -0.2) is 19.6 Å². The first kappa shape index (κ1) is 34.5. The van der Waals surface area contributed by atoms with Gasteiger partial charge in [0, 0.05) is 29.7 Å². The van der Waals surface area contributed by atoms with Crippen molar-refractivity contribution in [3.8, 4) is 23.5 Å². The zero-order valence-electron chi connectivity index (χ0n) is 29.5. The predicted octanol–water partition coefficient (Wildman–Crippen LogP) is 5.41. The summed E-state index contributed by atoms with van der Waals surface area (Å²) in [4.78, 5) is 53.0. The van der Waals surface area contributed by atoms with Crippen molar-refractivity contribution in [1.29, 1.82) is 0 Å². The van der Waals surface area contributed by atoms with E-state index in [1.54, 1.807) is 13.2 Å². The Kier molecular flexibility index (Phi) is 9.79. The third-order valence-electron chi connectivity index (χ3n) is 10.1.